The number of carbonyl (C=O) groups excluding carboxylic acids is 1. The summed E-state index contributed by atoms with van der Waals surface area (Å²) in [5.74, 6) is -1.37. The SMILES string of the molecule is CCCCCCCCN[C@@H](CCC(N)=O)C(=O)O. The third kappa shape index (κ3) is 10.1. The van der Waals surface area contributed by atoms with Gasteiger partial charge in [0.05, 0.1) is 0 Å². The molecule has 0 spiro atoms. The molecular formula is C13H26N2O3. The van der Waals surface area contributed by atoms with E-state index in [4.69, 9.17) is 10.8 Å². The van der Waals surface area contributed by atoms with E-state index in [0.29, 0.717) is 6.54 Å². The normalized spacial score (nSPS) is 12.3. The van der Waals surface area contributed by atoms with Crippen molar-refractivity contribution in [1.29, 1.82) is 0 Å². The molecule has 0 unspecified atom stereocenters. The van der Waals surface area contributed by atoms with Gasteiger partial charge in [-0.2, -0.15) is 0 Å². The number of unbranched alkanes of at least 4 members (excludes halogenated alkanes) is 5. The summed E-state index contributed by atoms with van der Waals surface area (Å²) in [5.41, 5.74) is 5.00. The third-order valence-corrected chi connectivity index (χ3v) is 2.90. The molecule has 1 amide bonds. The minimum Gasteiger partial charge on any atom is -0.480 e. The molecule has 0 fully saturated rings. The van der Waals surface area contributed by atoms with Gasteiger partial charge in [-0.1, -0.05) is 39.0 Å². The molecule has 0 aliphatic carbocycles. The van der Waals surface area contributed by atoms with Crippen LogP contribution in [0.5, 0.6) is 0 Å². The molecule has 0 aliphatic heterocycles. The van der Waals surface area contributed by atoms with Gasteiger partial charge >= 0.3 is 5.97 Å². The first-order valence-corrected chi connectivity index (χ1v) is 6.82. The Kier molecular flexibility index (Phi) is 10.3. The highest BCUT2D eigenvalue weighted by molar-refractivity contribution is 5.77. The summed E-state index contributed by atoms with van der Waals surface area (Å²) in [6, 6.07) is -0.659. The summed E-state index contributed by atoms with van der Waals surface area (Å²) < 4.78 is 0. The van der Waals surface area contributed by atoms with E-state index in [0.717, 1.165) is 12.8 Å². The smallest absolute Gasteiger partial charge is 0.320 e. The lowest BCUT2D eigenvalue weighted by molar-refractivity contribution is -0.139. The number of nitrogens with two attached hydrogens (primary N) is 1. The van der Waals surface area contributed by atoms with Crippen LogP contribution in [0.1, 0.15) is 58.3 Å². The lowest BCUT2D eigenvalue weighted by Crippen LogP contribution is -2.38. The van der Waals surface area contributed by atoms with Gasteiger partial charge in [-0.25, -0.2) is 0 Å². The predicted molar refractivity (Wildman–Crippen MR) is 71.2 cm³/mol. The highest BCUT2D eigenvalue weighted by Gasteiger charge is 2.16. The minimum atomic E-state index is -0.915. The lowest BCUT2D eigenvalue weighted by Gasteiger charge is -2.13. The molecule has 0 bridgehead atoms. The fourth-order valence-electron chi connectivity index (χ4n) is 1.78. The van der Waals surface area contributed by atoms with Gasteiger partial charge in [0.1, 0.15) is 6.04 Å². The number of carboxylic acid groups (broad SMARTS) is 1. The maximum absolute atomic E-state index is 10.9. The van der Waals surface area contributed by atoms with Gasteiger partial charge in [0.15, 0.2) is 0 Å². The van der Waals surface area contributed by atoms with Crippen LogP contribution in [0.25, 0.3) is 0 Å². The average molecular weight is 258 g/mol. The second-order valence-electron chi connectivity index (χ2n) is 4.62. The van der Waals surface area contributed by atoms with E-state index in [2.05, 4.69) is 12.2 Å². The van der Waals surface area contributed by atoms with Gasteiger partial charge in [-0.05, 0) is 19.4 Å². The van der Waals surface area contributed by atoms with E-state index < -0.39 is 17.9 Å². The van der Waals surface area contributed by atoms with E-state index in [1.54, 1.807) is 0 Å². The van der Waals surface area contributed by atoms with Crippen LogP contribution in [-0.4, -0.2) is 29.6 Å². The second-order valence-corrected chi connectivity index (χ2v) is 4.62. The Labute approximate surface area is 109 Å². The van der Waals surface area contributed by atoms with E-state index in [-0.39, 0.29) is 12.8 Å². The van der Waals surface area contributed by atoms with Crippen LogP contribution in [0.4, 0.5) is 0 Å². The molecule has 0 saturated carbocycles. The number of rotatable bonds is 12. The fourth-order valence-corrected chi connectivity index (χ4v) is 1.78. The Balaban J connectivity index is 3.58. The topological polar surface area (TPSA) is 92.4 Å². The van der Waals surface area contributed by atoms with Crippen molar-refractivity contribution in [3.8, 4) is 0 Å². The molecule has 0 aromatic rings. The highest BCUT2D eigenvalue weighted by Crippen LogP contribution is 2.05. The van der Waals surface area contributed by atoms with E-state index >= 15 is 0 Å². The van der Waals surface area contributed by atoms with Crippen molar-refractivity contribution in [2.45, 2.75) is 64.3 Å². The van der Waals surface area contributed by atoms with Crippen molar-refractivity contribution in [2.75, 3.05) is 6.54 Å². The Morgan fingerprint density at radius 2 is 1.78 bits per heavy atom. The van der Waals surface area contributed by atoms with Crippen LogP contribution < -0.4 is 11.1 Å². The Bertz CT molecular complexity index is 244. The first kappa shape index (κ1) is 16.9. The number of nitrogens with one attached hydrogen (secondary N) is 1. The average Bonchev–Trinajstić information content (AvgIpc) is 2.31. The van der Waals surface area contributed by atoms with Crippen molar-refractivity contribution in [3.05, 3.63) is 0 Å². The first-order chi connectivity index (χ1) is 8.57. The van der Waals surface area contributed by atoms with Gasteiger partial charge in [0.2, 0.25) is 5.91 Å². The molecule has 0 aliphatic rings. The Hall–Kier alpha value is -1.10. The quantitative estimate of drug-likeness (QED) is 0.464. The maximum atomic E-state index is 10.9. The van der Waals surface area contributed by atoms with Crippen molar-refractivity contribution >= 4 is 11.9 Å². The summed E-state index contributed by atoms with van der Waals surface area (Å²) in [5, 5.41) is 11.9. The van der Waals surface area contributed by atoms with E-state index in [9.17, 15) is 9.59 Å². The summed E-state index contributed by atoms with van der Waals surface area (Å²) in [6.07, 6.45) is 7.42. The van der Waals surface area contributed by atoms with Crippen molar-refractivity contribution < 1.29 is 14.7 Å². The standard InChI is InChI=1S/C13H26N2O3/c1-2-3-4-5-6-7-10-15-11(13(17)18)8-9-12(14)16/h11,15H,2-10H2,1H3,(H2,14,16)(H,17,18)/t11-/m0/s1. The van der Waals surface area contributed by atoms with Crippen LogP contribution in [-0.2, 0) is 9.59 Å². The largest absolute Gasteiger partial charge is 0.480 e. The lowest BCUT2D eigenvalue weighted by atomic mass is 10.1. The molecule has 4 N–H and O–H groups in total. The summed E-state index contributed by atoms with van der Waals surface area (Å²) in [6.45, 7) is 2.86. The van der Waals surface area contributed by atoms with Crippen LogP contribution in [0.15, 0.2) is 0 Å². The second kappa shape index (κ2) is 11.0. The summed E-state index contributed by atoms with van der Waals surface area (Å²) >= 11 is 0. The van der Waals surface area contributed by atoms with Crippen molar-refractivity contribution in [2.24, 2.45) is 5.73 Å². The minimum absolute atomic E-state index is 0.112. The number of hydrogen-bond donors (Lipinski definition) is 3. The molecule has 18 heavy (non-hydrogen) atoms. The first-order valence-electron chi connectivity index (χ1n) is 6.82. The molecule has 106 valence electrons. The molecular weight excluding hydrogens is 232 g/mol. The van der Waals surface area contributed by atoms with Gasteiger partial charge in [-0.15, -0.1) is 0 Å². The molecule has 0 aromatic heterocycles. The third-order valence-electron chi connectivity index (χ3n) is 2.90. The maximum Gasteiger partial charge on any atom is 0.320 e. The fraction of sp³-hybridized carbons (Fsp3) is 0.846. The number of carboxylic acids is 1. The molecule has 0 aromatic carbocycles. The predicted octanol–water partition coefficient (Wildman–Crippen LogP) is 1.66. The molecule has 0 radical (unpaired) electrons. The molecule has 1 atom stereocenters. The number of aliphatic carboxylic acids is 1. The molecule has 5 nitrogen and oxygen atoms in total. The number of amides is 1. The monoisotopic (exact) mass is 258 g/mol. The zero-order valence-corrected chi connectivity index (χ0v) is 11.3. The van der Waals surface area contributed by atoms with Gasteiger partial charge < -0.3 is 16.2 Å². The number of primary amides is 1. The van der Waals surface area contributed by atoms with E-state index in [1.807, 2.05) is 0 Å². The summed E-state index contributed by atoms with van der Waals surface area (Å²) in [7, 11) is 0. The highest BCUT2D eigenvalue weighted by atomic mass is 16.4. The number of hydrogen-bond acceptors (Lipinski definition) is 3. The molecule has 0 saturated heterocycles. The molecule has 0 rings (SSSR count). The van der Waals surface area contributed by atoms with Crippen LogP contribution in [0, 0.1) is 0 Å². The van der Waals surface area contributed by atoms with Crippen LogP contribution in [0.2, 0.25) is 0 Å². The zero-order chi connectivity index (χ0) is 13.8. The van der Waals surface area contributed by atoms with E-state index in [1.165, 1.54) is 25.7 Å². The van der Waals surface area contributed by atoms with Crippen molar-refractivity contribution in [1.82, 2.24) is 5.32 Å². The van der Waals surface area contributed by atoms with Gasteiger partial charge in [0.25, 0.3) is 0 Å². The van der Waals surface area contributed by atoms with Gasteiger partial charge in [-0.3, -0.25) is 9.59 Å². The molecule has 5 heteroatoms. The van der Waals surface area contributed by atoms with Crippen molar-refractivity contribution in [3.63, 3.8) is 0 Å². The van der Waals surface area contributed by atoms with Crippen LogP contribution >= 0.6 is 0 Å². The van der Waals surface area contributed by atoms with Gasteiger partial charge in [0, 0.05) is 6.42 Å². The Morgan fingerprint density at radius 1 is 1.17 bits per heavy atom. The number of carbonyl (C=O) groups is 2. The zero-order valence-electron chi connectivity index (χ0n) is 11.3. The summed E-state index contributed by atoms with van der Waals surface area (Å²) in [4.78, 5) is 21.5. The molecule has 0 heterocycles. The van der Waals surface area contributed by atoms with Crippen LogP contribution in [0.3, 0.4) is 0 Å². The Morgan fingerprint density at radius 3 is 2.33 bits per heavy atom.